The van der Waals surface area contributed by atoms with Crippen LogP contribution < -0.4 is 0 Å². The Bertz CT molecular complexity index is 476. The molecular weight excluding hydrogens is 262 g/mol. The first-order valence-electron chi connectivity index (χ1n) is 7.21. The van der Waals surface area contributed by atoms with Crippen LogP contribution >= 0.6 is 0 Å². The van der Waals surface area contributed by atoms with Gasteiger partial charge in [0.2, 0.25) is 11.8 Å². The van der Waals surface area contributed by atoms with Gasteiger partial charge in [0, 0.05) is 24.8 Å². The van der Waals surface area contributed by atoms with Gasteiger partial charge >= 0.3 is 0 Å². The Morgan fingerprint density at radius 1 is 1.10 bits per heavy atom. The molecule has 0 spiro atoms. The van der Waals surface area contributed by atoms with Crippen molar-refractivity contribution in [2.24, 2.45) is 23.7 Å². The van der Waals surface area contributed by atoms with Gasteiger partial charge in [-0.3, -0.25) is 19.3 Å². The third-order valence-corrected chi connectivity index (χ3v) is 5.16. The molecule has 0 radical (unpaired) electrons. The number of carbonyl (C=O) groups excluding carboxylic acids is 3. The van der Waals surface area contributed by atoms with Crippen LogP contribution in [0.1, 0.15) is 26.2 Å². The number of carbonyl (C=O) groups is 3. The minimum absolute atomic E-state index is 0.0562. The van der Waals surface area contributed by atoms with Crippen molar-refractivity contribution in [3.63, 3.8) is 0 Å². The molecule has 2 aliphatic carbocycles. The summed E-state index contributed by atoms with van der Waals surface area (Å²) in [7, 11) is 0. The zero-order valence-electron chi connectivity index (χ0n) is 11.4. The molecule has 2 N–H and O–H groups in total. The van der Waals surface area contributed by atoms with Gasteiger partial charge in [-0.1, -0.05) is 0 Å². The first-order chi connectivity index (χ1) is 9.47. The molecule has 0 aromatic heterocycles. The molecule has 6 heteroatoms. The lowest BCUT2D eigenvalue weighted by molar-refractivity contribution is -0.156. The summed E-state index contributed by atoms with van der Waals surface area (Å²) < 4.78 is 0. The van der Waals surface area contributed by atoms with Crippen LogP contribution in [-0.2, 0) is 14.4 Å². The zero-order chi connectivity index (χ0) is 14.6. The van der Waals surface area contributed by atoms with E-state index in [4.69, 9.17) is 0 Å². The second-order valence-electron chi connectivity index (χ2n) is 6.04. The van der Waals surface area contributed by atoms with E-state index in [-0.39, 0.29) is 24.0 Å². The summed E-state index contributed by atoms with van der Waals surface area (Å²) in [5, 5.41) is 20.0. The molecule has 2 saturated carbocycles. The van der Waals surface area contributed by atoms with E-state index >= 15 is 0 Å². The summed E-state index contributed by atoms with van der Waals surface area (Å²) in [5.41, 5.74) is 0. The average molecular weight is 281 g/mol. The van der Waals surface area contributed by atoms with Crippen LogP contribution in [0, 0.1) is 23.7 Å². The van der Waals surface area contributed by atoms with Crippen molar-refractivity contribution >= 4 is 17.6 Å². The molecule has 0 aromatic rings. The molecule has 1 saturated heterocycles. The monoisotopic (exact) mass is 281 g/mol. The number of likely N-dealkylation sites (tertiary alicyclic amines) is 1. The minimum atomic E-state index is -1.12. The molecular formula is C14H19NO5. The maximum atomic E-state index is 12.4. The molecule has 1 heterocycles. The Hall–Kier alpha value is -1.27. The molecule has 6 atom stereocenters. The number of hydrogen-bond donors (Lipinski definition) is 2. The molecule has 0 unspecified atom stereocenters. The molecule has 110 valence electrons. The van der Waals surface area contributed by atoms with Crippen molar-refractivity contribution in [1.29, 1.82) is 0 Å². The quantitative estimate of drug-likeness (QED) is 0.621. The van der Waals surface area contributed by atoms with Gasteiger partial charge in [-0.05, 0) is 19.8 Å². The summed E-state index contributed by atoms with van der Waals surface area (Å²) in [5.74, 6) is -2.67. The van der Waals surface area contributed by atoms with Gasteiger partial charge < -0.3 is 10.2 Å². The van der Waals surface area contributed by atoms with Crippen LogP contribution in [0.4, 0.5) is 0 Å². The topological polar surface area (TPSA) is 94.9 Å². The number of hydrogen-bond acceptors (Lipinski definition) is 5. The lowest BCUT2D eigenvalue weighted by Crippen LogP contribution is -2.54. The fraction of sp³-hybridized carbons (Fsp3) is 0.786. The molecule has 3 fully saturated rings. The number of aliphatic hydroxyl groups is 2. The van der Waals surface area contributed by atoms with E-state index in [1.54, 1.807) is 6.92 Å². The van der Waals surface area contributed by atoms with Crippen molar-refractivity contribution in [2.45, 2.75) is 38.4 Å². The number of ketones is 1. The van der Waals surface area contributed by atoms with E-state index in [0.29, 0.717) is 19.4 Å². The van der Waals surface area contributed by atoms with Crippen LogP contribution in [0.5, 0.6) is 0 Å². The zero-order valence-corrected chi connectivity index (χ0v) is 11.4. The van der Waals surface area contributed by atoms with E-state index < -0.39 is 35.9 Å². The highest BCUT2D eigenvalue weighted by molar-refractivity contribution is 6.06. The second-order valence-corrected chi connectivity index (χ2v) is 6.04. The Balaban J connectivity index is 1.98. The number of aliphatic hydroxyl groups excluding tert-OH is 2. The Morgan fingerprint density at radius 2 is 1.75 bits per heavy atom. The highest BCUT2D eigenvalue weighted by Crippen LogP contribution is 2.49. The Morgan fingerprint density at radius 3 is 2.40 bits per heavy atom. The van der Waals surface area contributed by atoms with Crippen molar-refractivity contribution in [3.05, 3.63) is 0 Å². The fourth-order valence-electron chi connectivity index (χ4n) is 4.22. The molecule has 3 aliphatic rings. The summed E-state index contributed by atoms with van der Waals surface area (Å²) in [4.78, 5) is 37.8. The summed E-state index contributed by atoms with van der Waals surface area (Å²) in [6.45, 7) is 2.05. The Kier molecular flexibility index (Phi) is 3.17. The first-order valence-corrected chi connectivity index (χ1v) is 7.21. The predicted molar refractivity (Wildman–Crippen MR) is 67.2 cm³/mol. The highest BCUT2D eigenvalue weighted by atomic mass is 16.3. The first kappa shape index (κ1) is 13.7. The smallest absolute Gasteiger partial charge is 0.233 e. The standard InChI is InChI=1S/C14H19NO5/c1-2-15-13(19)7-4-3-6-8(16)5-9(17)12(18)10(6)11(7)14(15)20/h6-7,9-12,17-18H,2-5H2,1H3/t6-,7-,9-,10+,11-,12-/m1/s1. The maximum Gasteiger partial charge on any atom is 0.233 e. The van der Waals surface area contributed by atoms with Crippen molar-refractivity contribution in [1.82, 2.24) is 4.90 Å². The van der Waals surface area contributed by atoms with E-state index in [1.807, 2.05) is 0 Å². The fourth-order valence-corrected chi connectivity index (χ4v) is 4.22. The molecule has 0 aromatic carbocycles. The van der Waals surface area contributed by atoms with E-state index in [1.165, 1.54) is 4.90 Å². The van der Waals surface area contributed by atoms with E-state index in [2.05, 4.69) is 0 Å². The van der Waals surface area contributed by atoms with Gasteiger partial charge in [0.05, 0.1) is 24.0 Å². The van der Waals surface area contributed by atoms with Crippen molar-refractivity contribution in [3.8, 4) is 0 Å². The van der Waals surface area contributed by atoms with Crippen LogP contribution in [0.15, 0.2) is 0 Å². The van der Waals surface area contributed by atoms with Gasteiger partial charge in [0.25, 0.3) is 0 Å². The van der Waals surface area contributed by atoms with Gasteiger partial charge in [0.1, 0.15) is 5.78 Å². The van der Waals surface area contributed by atoms with Crippen LogP contribution in [0.2, 0.25) is 0 Å². The highest BCUT2D eigenvalue weighted by Gasteiger charge is 2.59. The van der Waals surface area contributed by atoms with Gasteiger partial charge in [-0.15, -0.1) is 0 Å². The van der Waals surface area contributed by atoms with Crippen LogP contribution in [-0.4, -0.2) is 51.5 Å². The van der Waals surface area contributed by atoms with Crippen molar-refractivity contribution in [2.75, 3.05) is 6.54 Å². The predicted octanol–water partition coefficient (Wildman–Crippen LogP) is -0.672. The Labute approximate surface area is 116 Å². The summed E-state index contributed by atoms with van der Waals surface area (Å²) >= 11 is 0. The number of imide groups is 1. The van der Waals surface area contributed by atoms with Crippen LogP contribution in [0.3, 0.4) is 0 Å². The van der Waals surface area contributed by atoms with Crippen LogP contribution in [0.25, 0.3) is 0 Å². The number of nitrogens with zero attached hydrogens (tertiary/aromatic N) is 1. The molecule has 6 nitrogen and oxygen atoms in total. The second kappa shape index (κ2) is 4.63. The molecule has 0 bridgehead atoms. The molecule has 1 aliphatic heterocycles. The van der Waals surface area contributed by atoms with Crippen molar-refractivity contribution < 1.29 is 24.6 Å². The maximum absolute atomic E-state index is 12.4. The number of rotatable bonds is 1. The van der Waals surface area contributed by atoms with E-state index in [9.17, 15) is 24.6 Å². The van der Waals surface area contributed by atoms with Gasteiger partial charge in [0.15, 0.2) is 0 Å². The van der Waals surface area contributed by atoms with Gasteiger partial charge in [-0.2, -0.15) is 0 Å². The molecule has 3 rings (SSSR count). The summed E-state index contributed by atoms with van der Waals surface area (Å²) in [6.07, 6.45) is -1.24. The normalized spacial score (nSPS) is 44.5. The number of Topliss-reactive ketones (excluding diaryl/α,β-unsaturated/α-hetero) is 1. The number of amides is 2. The molecule has 2 amide bonds. The summed E-state index contributed by atoms with van der Waals surface area (Å²) in [6, 6.07) is 0. The SMILES string of the molecule is CCN1C(=O)[C@H]2[C@H]3[C@H](O)[C@H](O)CC(=O)[C@H]3CC[C@H]2C1=O. The number of fused-ring (bicyclic) bond motifs is 3. The minimum Gasteiger partial charge on any atom is -0.390 e. The third-order valence-electron chi connectivity index (χ3n) is 5.16. The lowest BCUT2D eigenvalue weighted by atomic mass is 9.60. The molecule has 20 heavy (non-hydrogen) atoms. The van der Waals surface area contributed by atoms with E-state index in [0.717, 1.165) is 0 Å². The van der Waals surface area contributed by atoms with Gasteiger partial charge in [-0.25, -0.2) is 0 Å². The lowest BCUT2D eigenvalue weighted by Gasteiger charge is -2.44. The average Bonchev–Trinajstić information content (AvgIpc) is 2.67. The third kappa shape index (κ3) is 1.67. The largest absolute Gasteiger partial charge is 0.390 e.